The lowest BCUT2D eigenvalue weighted by molar-refractivity contribution is 0.163. The van der Waals surface area contributed by atoms with Crippen molar-refractivity contribution in [1.29, 1.82) is 0 Å². The van der Waals surface area contributed by atoms with Crippen molar-refractivity contribution in [3.8, 4) is 0 Å². The monoisotopic (exact) mass is 300 g/mol. The highest BCUT2D eigenvalue weighted by atomic mass is 32.2. The average molecular weight is 300 g/mol. The summed E-state index contributed by atoms with van der Waals surface area (Å²) in [5.74, 6) is 0. The zero-order valence-corrected chi connectivity index (χ0v) is 13.2. The molecule has 0 saturated carbocycles. The minimum Gasteiger partial charge on any atom is -0.399 e. The molecule has 6 heteroatoms. The van der Waals surface area contributed by atoms with Gasteiger partial charge in [0.25, 0.3) is 0 Å². The summed E-state index contributed by atoms with van der Waals surface area (Å²) in [4.78, 5) is 0.237. The summed E-state index contributed by atoms with van der Waals surface area (Å²) in [5, 5.41) is 0. The van der Waals surface area contributed by atoms with E-state index in [2.05, 4.69) is 0 Å². The molecule has 0 spiro atoms. The Bertz CT molecular complexity index is 513. The molecule has 0 bridgehead atoms. The number of nitrogen functional groups attached to an aromatic ring is 1. The summed E-state index contributed by atoms with van der Waals surface area (Å²) in [6.07, 6.45) is 1.53. The first-order valence-electron chi connectivity index (χ1n) is 6.83. The summed E-state index contributed by atoms with van der Waals surface area (Å²) in [5.41, 5.74) is 6.14. The Kier molecular flexibility index (Phi) is 6.45. The number of anilines is 1. The van der Waals surface area contributed by atoms with E-state index in [4.69, 9.17) is 10.5 Å². The largest absolute Gasteiger partial charge is 0.399 e. The molecule has 2 N–H and O–H groups in total. The van der Waals surface area contributed by atoms with Crippen LogP contribution in [0, 0.1) is 0 Å². The van der Waals surface area contributed by atoms with Gasteiger partial charge in [-0.3, -0.25) is 0 Å². The maximum atomic E-state index is 12.8. The van der Waals surface area contributed by atoms with Gasteiger partial charge in [0.2, 0.25) is 10.0 Å². The van der Waals surface area contributed by atoms with Crippen molar-refractivity contribution >= 4 is 15.7 Å². The smallest absolute Gasteiger partial charge is 0.243 e. The van der Waals surface area contributed by atoms with Gasteiger partial charge in [-0.2, -0.15) is 4.31 Å². The third kappa shape index (κ3) is 3.94. The van der Waals surface area contributed by atoms with Crippen molar-refractivity contribution in [3.05, 3.63) is 24.3 Å². The van der Waals surface area contributed by atoms with E-state index in [0.717, 1.165) is 12.8 Å². The highest BCUT2D eigenvalue weighted by molar-refractivity contribution is 7.89. The summed E-state index contributed by atoms with van der Waals surface area (Å²) in [6, 6.07) is 6.38. The van der Waals surface area contributed by atoms with Gasteiger partial charge in [0, 0.05) is 25.4 Å². The van der Waals surface area contributed by atoms with Gasteiger partial charge in [-0.25, -0.2) is 8.42 Å². The molecule has 0 aliphatic carbocycles. The quantitative estimate of drug-likeness (QED) is 0.746. The number of sulfonamides is 1. The van der Waals surface area contributed by atoms with Crippen molar-refractivity contribution in [3.63, 3.8) is 0 Å². The first-order chi connectivity index (χ1) is 9.47. The van der Waals surface area contributed by atoms with Crippen LogP contribution in [-0.2, 0) is 14.8 Å². The highest BCUT2D eigenvalue weighted by Crippen LogP contribution is 2.22. The second-order valence-corrected chi connectivity index (χ2v) is 6.54. The SMILES string of the molecule is CCC(CC)N(CCOC)S(=O)(=O)c1cccc(N)c1. The molecule has 0 unspecified atom stereocenters. The minimum atomic E-state index is -3.55. The molecule has 0 aliphatic rings. The van der Waals surface area contributed by atoms with Gasteiger partial charge in [0.05, 0.1) is 11.5 Å². The van der Waals surface area contributed by atoms with E-state index in [1.165, 1.54) is 10.4 Å². The van der Waals surface area contributed by atoms with Crippen molar-refractivity contribution in [2.75, 3.05) is 26.0 Å². The van der Waals surface area contributed by atoms with Crippen LogP contribution in [-0.4, -0.2) is 39.0 Å². The molecular formula is C14H24N2O3S. The standard InChI is InChI=1S/C14H24N2O3S/c1-4-13(5-2)16(9-10-19-3)20(17,18)14-8-6-7-12(15)11-14/h6-8,11,13H,4-5,9-10,15H2,1-3H3. The topological polar surface area (TPSA) is 72.6 Å². The zero-order chi connectivity index (χ0) is 15.2. The first-order valence-corrected chi connectivity index (χ1v) is 8.27. The molecule has 114 valence electrons. The zero-order valence-electron chi connectivity index (χ0n) is 12.4. The maximum absolute atomic E-state index is 12.8. The van der Waals surface area contributed by atoms with E-state index in [9.17, 15) is 8.42 Å². The Morgan fingerprint density at radius 2 is 1.95 bits per heavy atom. The summed E-state index contributed by atoms with van der Waals surface area (Å²) < 4.78 is 32.1. The number of hydrogen-bond donors (Lipinski definition) is 1. The van der Waals surface area contributed by atoms with Crippen LogP contribution >= 0.6 is 0 Å². The number of hydrogen-bond acceptors (Lipinski definition) is 4. The fraction of sp³-hybridized carbons (Fsp3) is 0.571. The van der Waals surface area contributed by atoms with Gasteiger partial charge < -0.3 is 10.5 Å². The summed E-state index contributed by atoms with van der Waals surface area (Å²) in [6.45, 7) is 4.70. The molecule has 0 aliphatic heterocycles. The highest BCUT2D eigenvalue weighted by Gasteiger charge is 2.29. The first kappa shape index (κ1) is 16.9. The molecule has 0 radical (unpaired) electrons. The van der Waals surface area contributed by atoms with Crippen LogP contribution in [0.15, 0.2) is 29.2 Å². The van der Waals surface area contributed by atoms with Crippen molar-refractivity contribution in [2.24, 2.45) is 0 Å². The lowest BCUT2D eigenvalue weighted by atomic mass is 10.2. The molecule has 0 saturated heterocycles. The van der Waals surface area contributed by atoms with E-state index < -0.39 is 10.0 Å². The van der Waals surface area contributed by atoms with Crippen LogP contribution < -0.4 is 5.73 Å². The Hall–Kier alpha value is -1.11. The Labute approximate surface area is 121 Å². The fourth-order valence-electron chi connectivity index (χ4n) is 2.19. The minimum absolute atomic E-state index is 0.0309. The van der Waals surface area contributed by atoms with Crippen LogP contribution in [0.25, 0.3) is 0 Å². The molecule has 0 aromatic heterocycles. The van der Waals surface area contributed by atoms with Gasteiger partial charge in [-0.15, -0.1) is 0 Å². The molecule has 0 fully saturated rings. The Morgan fingerprint density at radius 1 is 1.30 bits per heavy atom. The average Bonchev–Trinajstić information content (AvgIpc) is 2.43. The third-order valence-electron chi connectivity index (χ3n) is 3.33. The maximum Gasteiger partial charge on any atom is 0.243 e. The van der Waals surface area contributed by atoms with E-state index in [1.807, 2.05) is 13.8 Å². The second kappa shape index (κ2) is 7.61. The van der Waals surface area contributed by atoms with Gasteiger partial charge in [0.15, 0.2) is 0 Å². The molecule has 1 aromatic rings. The number of benzene rings is 1. The lowest BCUT2D eigenvalue weighted by Gasteiger charge is -2.29. The van der Waals surface area contributed by atoms with E-state index >= 15 is 0 Å². The van der Waals surface area contributed by atoms with Crippen LogP contribution in [0.5, 0.6) is 0 Å². The van der Waals surface area contributed by atoms with E-state index in [-0.39, 0.29) is 10.9 Å². The van der Waals surface area contributed by atoms with E-state index in [0.29, 0.717) is 18.8 Å². The molecule has 0 amide bonds. The fourth-order valence-corrected chi connectivity index (χ4v) is 4.00. The van der Waals surface area contributed by atoms with Gasteiger partial charge in [0.1, 0.15) is 0 Å². The van der Waals surface area contributed by atoms with Crippen LogP contribution in [0.2, 0.25) is 0 Å². The van der Waals surface area contributed by atoms with Gasteiger partial charge in [-0.1, -0.05) is 19.9 Å². The van der Waals surface area contributed by atoms with Gasteiger partial charge >= 0.3 is 0 Å². The van der Waals surface area contributed by atoms with Crippen LogP contribution in [0.1, 0.15) is 26.7 Å². The van der Waals surface area contributed by atoms with E-state index in [1.54, 1.807) is 25.3 Å². The second-order valence-electron chi connectivity index (χ2n) is 4.65. The normalized spacial score (nSPS) is 12.2. The number of methoxy groups -OCH3 is 1. The van der Waals surface area contributed by atoms with Crippen molar-refractivity contribution in [2.45, 2.75) is 37.6 Å². The third-order valence-corrected chi connectivity index (χ3v) is 5.28. The van der Waals surface area contributed by atoms with Crippen molar-refractivity contribution < 1.29 is 13.2 Å². The number of nitrogens with zero attached hydrogens (tertiary/aromatic N) is 1. The molecular weight excluding hydrogens is 276 g/mol. The molecule has 1 rings (SSSR count). The summed E-state index contributed by atoms with van der Waals surface area (Å²) in [7, 11) is -1.98. The Morgan fingerprint density at radius 3 is 2.45 bits per heavy atom. The lowest BCUT2D eigenvalue weighted by Crippen LogP contribution is -2.41. The van der Waals surface area contributed by atoms with Gasteiger partial charge in [-0.05, 0) is 31.0 Å². The number of nitrogens with two attached hydrogens (primary N) is 1. The molecule has 0 heterocycles. The molecule has 20 heavy (non-hydrogen) atoms. The Balaban J connectivity index is 3.16. The predicted octanol–water partition coefficient (Wildman–Crippen LogP) is 2.09. The molecule has 5 nitrogen and oxygen atoms in total. The number of rotatable bonds is 8. The predicted molar refractivity (Wildman–Crippen MR) is 81.0 cm³/mol. The summed E-state index contributed by atoms with van der Waals surface area (Å²) >= 11 is 0. The van der Waals surface area contributed by atoms with Crippen LogP contribution in [0.4, 0.5) is 5.69 Å². The number of ether oxygens (including phenoxy) is 1. The van der Waals surface area contributed by atoms with Crippen molar-refractivity contribution in [1.82, 2.24) is 4.31 Å². The molecule has 1 aromatic carbocycles. The molecule has 0 atom stereocenters. The van der Waals surface area contributed by atoms with Crippen LogP contribution in [0.3, 0.4) is 0 Å².